The molecule has 4 rings (SSSR count). The molecule has 0 spiro atoms. The lowest BCUT2D eigenvalue weighted by Crippen LogP contribution is -2.30. The molecule has 0 fully saturated rings. The number of carbonyl (C=O) groups excluding carboxylic acids is 1. The van der Waals surface area contributed by atoms with E-state index in [0.717, 1.165) is 17.7 Å². The number of aromatic nitrogens is 1. The lowest BCUT2D eigenvalue weighted by atomic mass is 9.76. The van der Waals surface area contributed by atoms with Crippen LogP contribution in [-0.4, -0.2) is 18.1 Å². The SMILES string of the molecule is COC(=O)c1cccc2c1N[C@H](c1cccnc1)[C@@H]1CC=C[C@@H]21. The van der Waals surface area contributed by atoms with E-state index in [1.807, 2.05) is 24.4 Å². The van der Waals surface area contributed by atoms with Gasteiger partial charge in [-0.05, 0) is 35.6 Å². The summed E-state index contributed by atoms with van der Waals surface area (Å²) in [4.78, 5) is 16.4. The first-order valence-corrected chi connectivity index (χ1v) is 7.84. The Hall–Kier alpha value is -2.62. The number of rotatable bonds is 2. The average molecular weight is 306 g/mol. The van der Waals surface area contributed by atoms with Crippen LogP contribution >= 0.6 is 0 Å². The Labute approximate surface area is 135 Å². The van der Waals surface area contributed by atoms with Crippen molar-refractivity contribution < 1.29 is 9.53 Å². The highest BCUT2D eigenvalue weighted by molar-refractivity contribution is 5.97. The minimum atomic E-state index is -0.306. The molecule has 2 aliphatic rings. The van der Waals surface area contributed by atoms with Gasteiger partial charge in [-0.25, -0.2) is 4.79 Å². The molecule has 0 saturated heterocycles. The summed E-state index contributed by atoms with van der Waals surface area (Å²) < 4.78 is 4.95. The molecule has 23 heavy (non-hydrogen) atoms. The first kappa shape index (κ1) is 14.0. The summed E-state index contributed by atoms with van der Waals surface area (Å²) in [6, 6.07) is 10.0. The number of methoxy groups -OCH3 is 1. The molecule has 0 radical (unpaired) electrons. The summed E-state index contributed by atoms with van der Waals surface area (Å²) >= 11 is 0. The number of hydrogen-bond acceptors (Lipinski definition) is 4. The van der Waals surface area contributed by atoms with Crippen LogP contribution in [0, 0.1) is 5.92 Å². The molecule has 0 amide bonds. The Kier molecular flexibility index (Phi) is 3.37. The molecule has 1 N–H and O–H groups in total. The number of ether oxygens (including phenoxy) is 1. The van der Waals surface area contributed by atoms with Gasteiger partial charge in [-0.15, -0.1) is 0 Å². The Bertz CT molecular complexity index is 770. The monoisotopic (exact) mass is 306 g/mol. The van der Waals surface area contributed by atoms with Gasteiger partial charge in [0.15, 0.2) is 0 Å². The van der Waals surface area contributed by atoms with Crippen molar-refractivity contribution in [3.05, 3.63) is 71.6 Å². The number of carbonyl (C=O) groups is 1. The maximum atomic E-state index is 12.1. The van der Waals surface area contributed by atoms with Crippen molar-refractivity contribution in [2.75, 3.05) is 12.4 Å². The smallest absolute Gasteiger partial charge is 0.339 e. The van der Waals surface area contributed by atoms with Crippen LogP contribution in [-0.2, 0) is 4.74 Å². The summed E-state index contributed by atoms with van der Waals surface area (Å²) in [6.07, 6.45) is 9.21. The number of hydrogen-bond donors (Lipinski definition) is 1. The van der Waals surface area contributed by atoms with Gasteiger partial charge in [0.2, 0.25) is 0 Å². The third-order valence-corrected chi connectivity index (χ3v) is 4.85. The van der Waals surface area contributed by atoms with E-state index in [0.29, 0.717) is 17.4 Å². The molecule has 4 nitrogen and oxygen atoms in total. The van der Waals surface area contributed by atoms with E-state index >= 15 is 0 Å². The van der Waals surface area contributed by atoms with Gasteiger partial charge in [0, 0.05) is 18.3 Å². The molecule has 2 aromatic rings. The summed E-state index contributed by atoms with van der Waals surface area (Å²) in [5.41, 5.74) is 3.81. The van der Waals surface area contributed by atoms with Crippen molar-refractivity contribution in [1.29, 1.82) is 0 Å². The molecular formula is C19H18N2O2. The number of para-hydroxylation sites is 1. The highest BCUT2D eigenvalue weighted by atomic mass is 16.5. The summed E-state index contributed by atoms with van der Waals surface area (Å²) in [5.74, 6) is 0.459. The van der Waals surface area contributed by atoms with E-state index in [4.69, 9.17) is 4.74 Å². The van der Waals surface area contributed by atoms with E-state index in [9.17, 15) is 4.79 Å². The van der Waals surface area contributed by atoms with Crippen molar-refractivity contribution in [3.63, 3.8) is 0 Å². The van der Waals surface area contributed by atoms with Gasteiger partial charge < -0.3 is 10.1 Å². The lowest BCUT2D eigenvalue weighted by molar-refractivity contribution is 0.0601. The topological polar surface area (TPSA) is 51.2 Å². The second kappa shape index (κ2) is 5.54. The van der Waals surface area contributed by atoms with Crippen molar-refractivity contribution in [2.24, 2.45) is 5.92 Å². The van der Waals surface area contributed by atoms with Crippen LogP contribution in [0.2, 0.25) is 0 Å². The lowest BCUT2D eigenvalue weighted by Gasteiger charge is -2.38. The molecule has 1 aromatic heterocycles. The van der Waals surface area contributed by atoms with Gasteiger partial charge in [0.05, 0.1) is 24.4 Å². The van der Waals surface area contributed by atoms with Crippen molar-refractivity contribution in [2.45, 2.75) is 18.4 Å². The summed E-state index contributed by atoms with van der Waals surface area (Å²) in [6.45, 7) is 0. The molecular weight excluding hydrogens is 288 g/mol. The Morgan fingerprint density at radius 1 is 1.30 bits per heavy atom. The van der Waals surface area contributed by atoms with E-state index in [2.05, 4.69) is 34.6 Å². The second-order valence-electron chi connectivity index (χ2n) is 6.02. The number of allylic oxidation sites excluding steroid dienone is 2. The van der Waals surface area contributed by atoms with Crippen LogP contribution < -0.4 is 5.32 Å². The van der Waals surface area contributed by atoms with Crippen LogP contribution in [0.15, 0.2) is 54.9 Å². The van der Waals surface area contributed by atoms with E-state index < -0.39 is 0 Å². The fraction of sp³-hybridized carbons (Fsp3) is 0.263. The van der Waals surface area contributed by atoms with Gasteiger partial charge in [-0.3, -0.25) is 4.98 Å². The second-order valence-corrected chi connectivity index (χ2v) is 6.02. The number of nitrogens with zero attached hydrogens (tertiary/aromatic N) is 1. The van der Waals surface area contributed by atoms with Crippen molar-refractivity contribution in [1.82, 2.24) is 4.98 Å². The zero-order valence-electron chi connectivity index (χ0n) is 12.9. The molecule has 1 aliphatic carbocycles. The highest BCUT2D eigenvalue weighted by Gasteiger charge is 2.39. The quantitative estimate of drug-likeness (QED) is 0.679. The maximum absolute atomic E-state index is 12.1. The predicted octanol–water partition coefficient (Wildman–Crippen LogP) is 3.69. The largest absolute Gasteiger partial charge is 0.465 e. The molecule has 116 valence electrons. The Morgan fingerprint density at radius 2 is 2.22 bits per heavy atom. The zero-order valence-corrected chi connectivity index (χ0v) is 12.9. The number of anilines is 1. The van der Waals surface area contributed by atoms with Crippen molar-refractivity contribution in [3.8, 4) is 0 Å². The van der Waals surface area contributed by atoms with Gasteiger partial charge in [0.1, 0.15) is 0 Å². The average Bonchev–Trinajstić information content (AvgIpc) is 3.10. The predicted molar refractivity (Wildman–Crippen MR) is 88.4 cm³/mol. The number of pyridine rings is 1. The van der Waals surface area contributed by atoms with Crippen LogP contribution in [0.5, 0.6) is 0 Å². The van der Waals surface area contributed by atoms with E-state index in [1.165, 1.54) is 12.7 Å². The van der Waals surface area contributed by atoms with Gasteiger partial charge in [-0.1, -0.05) is 30.4 Å². The molecule has 0 unspecified atom stereocenters. The number of esters is 1. The third-order valence-electron chi connectivity index (χ3n) is 4.85. The Balaban J connectivity index is 1.84. The molecule has 0 bridgehead atoms. The molecule has 2 heterocycles. The van der Waals surface area contributed by atoms with Gasteiger partial charge >= 0.3 is 5.97 Å². The number of nitrogens with one attached hydrogen (secondary N) is 1. The minimum Gasteiger partial charge on any atom is -0.465 e. The molecule has 4 heteroatoms. The maximum Gasteiger partial charge on any atom is 0.339 e. The molecule has 0 saturated carbocycles. The molecule has 3 atom stereocenters. The Morgan fingerprint density at radius 3 is 3.00 bits per heavy atom. The summed E-state index contributed by atoms with van der Waals surface area (Å²) in [7, 11) is 1.42. The molecule has 1 aromatic carbocycles. The van der Waals surface area contributed by atoms with Crippen LogP contribution in [0.1, 0.15) is 39.9 Å². The van der Waals surface area contributed by atoms with Crippen LogP contribution in [0.3, 0.4) is 0 Å². The van der Waals surface area contributed by atoms with E-state index in [-0.39, 0.29) is 12.0 Å². The number of fused-ring (bicyclic) bond motifs is 3. The molecule has 1 aliphatic heterocycles. The fourth-order valence-corrected chi connectivity index (χ4v) is 3.79. The van der Waals surface area contributed by atoms with Gasteiger partial charge in [0.25, 0.3) is 0 Å². The number of benzene rings is 1. The van der Waals surface area contributed by atoms with E-state index in [1.54, 1.807) is 6.20 Å². The van der Waals surface area contributed by atoms with Gasteiger partial charge in [-0.2, -0.15) is 0 Å². The van der Waals surface area contributed by atoms with Crippen LogP contribution in [0.25, 0.3) is 0 Å². The first-order valence-electron chi connectivity index (χ1n) is 7.84. The normalized spacial score (nSPS) is 24.5. The van der Waals surface area contributed by atoms with Crippen LogP contribution in [0.4, 0.5) is 5.69 Å². The summed E-state index contributed by atoms with van der Waals surface area (Å²) in [5, 5.41) is 3.59. The standard InChI is InChI=1S/C19H18N2O2/c1-23-19(22)16-9-3-8-15-13-6-2-7-14(13)17(21-18(15)16)12-5-4-10-20-11-12/h2-6,8-11,13-14,17,21H,7H2,1H3/t13-,14-,17-/m1/s1. The zero-order chi connectivity index (χ0) is 15.8. The third kappa shape index (κ3) is 2.22. The fourth-order valence-electron chi connectivity index (χ4n) is 3.79. The highest BCUT2D eigenvalue weighted by Crippen LogP contribution is 2.50. The minimum absolute atomic E-state index is 0.141. The van der Waals surface area contributed by atoms with Crippen molar-refractivity contribution >= 4 is 11.7 Å². The first-order chi connectivity index (χ1) is 11.3.